The summed E-state index contributed by atoms with van der Waals surface area (Å²) in [4.78, 5) is 17.2. The molecule has 0 fully saturated rings. The molecule has 2 aromatic rings. The molecule has 2 heterocycles. The number of nitrogens with zero attached hydrogens (tertiary/aromatic N) is 1. The minimum absolute atomic E-state index is 0.130. The summed E-state index contributed by atoms with van der Waals surface area (Å²) in [6.45, 7) is 4.08. The lowest BCUT2D eigenvalue weighted by Crippen LogP contribution is -2.03. The molecule has 18 heavy (non-hydrogen) atoms. The van der Waals surface area contributed by atoms with Crippen molar-refractivity contribution in [1.29, 1.82) is 0 Å². The number of rotatable bonds is 4. The summed E-state index contributed by atoms with van der Waals surface area (Å²) in [5, 5.41) is 0. The maximum atomic E-state index is 12.1. The van der Waals surface area contributed by atoms with Crippen LogP contribution in [0.2, 0.25) is 0 Å². The van der Waals surface area contributed by atoms with E-state index >= 15 is 0 Å². The predicted molar refractivity (Wildman–Crippen MR) is 78.4 cm³/mol. The molecule has 0 saturated carbocycles. The van der Waals surface area contributed by atoms with Crippen LogP contribution in [0.15, 0.2) is 28.2 Å². The van der Waals surface area contributed by atoms with Gasteiger partial charge in [0.25, 0.3) is 0 Å². The van der Waals surface area contributed by atoms with E-state index in [9.17, 15) is 4.79 Å². The van der Waals surface area contributed by atoms with Gasteiger partial charge >= 0.3 is 0 Å². The van der Waals surface area contributed by atoms with Gasteiger partial charge in [-0.3, -0.25) is 9.78 Å². The lowest BCUT2D eigenvalue weighted by Gasteiger charge is -2.00. The Balaban J connectivity index is 2.10. The quantitative estimate of drug-likeness (QED) is 0.789. The molecule has 2 aromatic heterocycles. The average Bonchev–Trinajstić information content (AvgIpc) is 2.71. The van der Waals surface area contributed by atoms with Crippen LogP contribution in [0, 0.1) is 6.92 Å². The van der Waals surface area contributed by atoms with Gasteiger partial charge in [-0.15, -0.1) is 11.3 Å². The van der Waals surface area contributed by atoms with Crippen molar-refractivity contribution in [3.05, 3.63) is 49.9 Å². The molecule has 0 radical (unpaired) electrons. The van der Waals surface area contributed by atoms with Crippen LogP contribution in [0.1, 0.15) is 33.4 Å². The van der Waals surface area contributed by atoms with Crippen molar-refractivity contribution >= 4 is 33.0 Å². The molecular weight excluding hydrogens is 310 g/mol. The standard InChI is InChI=1S/C14H14BrNOS/c1-3-10-4-5-11(16-8-10)7-12(17)13-6-9(2)14(15)18-13/h4-6,8H,3,7H2,1-2H3. The number of Topliss-reactive ketones (excluding diaryl/α,β-unsaturated/α-hetero) is 1. The zero-order valence-corrected chi connectivity index (χ0v) is 12.8. The van der Waals surface area contributed by atoms with Gasteiger partial charge in [-0.1, -0.05) is 13.0 Å². The van der Waals surface area contributed by atoms with Crippen LogP contribution >= 0.6 is 27.3 Å². The van der Waals surface area contributed by atoms with Gasteiger partial charge in [0.2, 0.25) is 0 Å². The van der Waals surface area contributed by atoms with Crippen molar-refractivity contribution in [3.8, 4) is 0 Å². The molecule has 94 valence electrons. The van der Waals surface area contributed by atoms with E-state index in [1.165, 1.54) is 16.9 Å². The minimum atomic E-state index is 0.130. The summed E-state index contributed by atoms with van der Waals surface area (Å²) < 4.78 is 1.03. The summed E-state index contributed by atoms with van der Waals surface area (Å²) in [5.74, 6) is 0.130. The van der Waals surface area contributed by atoms with Gasteiger partial charge in [-0.05, 0) is 52.5 Å². The fourth-order valence-electron chi connectivity index (χ4n) is 1.62. The summed E-state index contributed by atoms with van der Waals surface area (Å²) in [6, 6.07) is 5.90. The van der Waals surface area contributed by atoms with E-state index in [-0.39, 0.29) is 5.78 Å². The highest BCUT2D eigenvalue weighted by Gasteiger charge is 2.12. The largest absolute Gasteiger partial charge is 0.293 e. The fourth-order valence-corrected chi connectivity index (χ4v) is 3.09. The molecule has 0 amide bonds. The van der Waals surface area contributed by atoms with Crippen LogP contribution in [-0.4, -0.2) is 10.8 Å². The summed E-state index contributed by atoms with van der Waals surface area (Å²) in [7, 11) is 0. The van der Waals surface area contributed by atoms with Crippen molar-refractivity contribution in [2.45, 2.75) is 26.7 Å². The number of thiophene rings is 1. The van der Waals surface area contributed by atoms with Crippen molar-refractivity contribution < 1.29 is 4.79 Å². The SMILES string of the molecule is CCc1ccc(CC(=O)c2cc(C)c(Br)s2)nc1. The Bertz CT molecular complexity index is 540. The molecule has 2 nitrogen and oxygen atoms in total. The van der Waals surface area contributed by atoms with Gasteiger partial charge in [0.1, 0.15) is 0 Å². The van der Waals surface area contributed by atoms with Crippen molar-refractivity contribution in [2.24, 2.45) is 0 Å². The summed E-state index contributed by atoms with van der Waals surface area (Å²) in [5.41, 5.74) is 3.14. The number of aromatic nitrogens is 1. The van der Waals surface area contributed by atoms with Crippen LogP contribution < -0.4 is 0 Å². The molecule has 0 aliphatic heterocycles. The first-order chi connectivity index (χ1) is 8.60. The third-order valence-corrected chi connectivity index (χ3v) is 4.95. The third-order valence-electron chi connectivity index (χ3n) is 2.77. The van der Waals surface area contributed by atoms with E-state index in [2.05, 4.69) is 27.8 Å². The van der Waals surface area contributed by atoms with Crippen LogP contribution in [0.25, 0.3) is 0 Å². The van der Waals surface area contributed by atoms with Crippen LogP contribution in [0.3, 0.4) is 0 Å². The highest BCUT2D eigenvalue weighted by molar-refractivity contribution is 9.11. The molecule has 0 aliphatic carbocycles. The van der Waals surface area contributed by atoms with Gasteiger partial charge in [0.05, 0.1) is 15.1 Å². The average molecular weight is 324 g/mol. The van der Waals surface area contributed by atoms with E-state index < -0.39 is 0 Å². The monoisotopic (exact) mass is 323 g/mol. The number of carbonyl (C=O) groups is 1. The summed E-state index contributed by atoms with van der Waals surface area (Å²) in [6.07, 6.45) is 3.19. The number of hydrogen-bond acceptors (Lipinski definition) is 3. The van der Waals surface area contributed by atoms with E-state index in [1.54, 1.807) is 0 Å². The number of hydrogen-bond donors (Lipinski definition) is 0. The molecule has 2 rings (SSSR count). The van der Waals surface area contributed by atoms with E-state index in [4.69, 9.17) is 0 Å². The number of carbonyl (C=O) groups excluding carboxylic acids is 1. The number of ketones is 1. The van der Waals surface area contributed by atoms with Gasteiger partial charge in [0, 0.05) is 11.9 Å². The molecule has 0 aromatic carbocycles. The Morgan fingerprint density at radius 3 is 2.72 bits per heavy atom. The predicted octanol–water partition coefficient (Wildman–Crippen LogP) is 4.20. The van der Waals surface area contributed by atoms with Crippen molar-refractivity contribution in [1.82, 2.24) is 4.98 Å². The second-order valence-electron chi connectivity index (χ2n) is 4.18. The second kappa shape index (κ2) is 5.76. The normalized spacial score (nSPS) is 10.6. The summed E-state index contributed by atoms with van der Waals surface area (Å²) >= 11 is 4.93. The molecule has 0 spiro atoms. The molecule has 0 N–H and O–H groups in total. The maximum Gasteiger partial charge on any atom is 0.178 e. The zero-order chi connectivity index (χ0) is 13.1. The smallest absolute Gasteiger partial charge is 0.178 e. The molecule has 0 unspecified atom stereocenters. The van der Waals surface area contributed by atoms with Crippen LogP contribution in [0.5, 0.6) is 0 Å². The molecule has 0 bridgehead atoms. The first-order valence-corrected chi connectivity index (χ1v) is 7.44. The Morgan fingerprint density at radius 1 is 1.44 bits per heavy atom. The lowest BCUT2D eigenvalue weighted by atomic mass is 10.1. The highest BCUT2D eigenvalue weighted by atomic mass is 79.9. The molecule has 0 saturated heterocycles. The molecule has 0 atom stereocenters. The van der Waals surface area contributed by atoms with E-state index in [0.29, 0.717) is 6.42 Å². The van der Waals surface area contributed by atoms with Gasteiger partial charge in [0.15, 0.2) is 5.78 Å². The van der Waals surface area contributed by atoms with Crippen molar-refractivity contribution in [3.63, 3.8) is 0 Å². The van der Waals surface area contributed by atoms with Crippen LogP contribution in [0.4, 0.5) is 0 Å². The second-order valence-corrected chi connectivity index (χ2v) is 6.55. The first kappa shape index (κ1) is 13.4. The van der Waals surface area contributed by atoms with E-state index in [0.717, 1.165) is 26.3 Å². The zero-order valence-electron chi connectivity index (χ0n) is 10.4. The Kier molecular flexibility index (Phi) is 4.30. The first-order valence-electron chi connectivity index (χ1n) is 5.83. The Morgan fingerprint density at radius 2 is 2.22 bits per heavy atom. The van der Waals surface area contributed by atoms with E-state index in [1.807, 2.05) is 31.3 Å². The molecular formula is C14H14BrNOS. The Labute approximate surface area is 119 Å². The maximum absolute atomic E-state index is 12.1. The fraction of sp³-hybridized carbons (Fsp3) is 0.286. The minimum Gasteiger partial charge on any atom is -0.293 e. The van der Waals surface area contributed by atoms with Crippen molar-refractivity contribution in [2.75, 3.05) is 0 Å². The van der Waals surface area contributed by atoms with Gasteiger partial charge < -0.3 is 0 Å². The Hall–Kier alpha value is -1.00. The number of halogens is 1. The molecule has 0 aliphatic rings. The van der Waals surface area contributed by atoms with Gasteiger partial charge in [-0.2, -0.15) is 0 Å². The third kappa shape index (κ3) is 3.06. The topological polar surface area (TPSA) is 30.0 Å². The molecule has 4 heteroatoms. The lowest BCUT2D eigenvalue weighted by molar-refractivity contribution is 0.0995. The number of aryl methyl sites for hydroxylation is 2. The highest BCUT2D eigenvalue weighted by Crippen LogP contribution is 2.28. The van der Waals surface area contributed by atoms with Crippen LogP contribution in [-0.2, 0) is 12.8 Å². The number of pyridine rings is 1. The van der Waals surface area contributed by atoms with Gasteiger partial charge in [-0.25, -0.2) is 0 Å².